The molecule has 5 nitrogen and oxygen atoms in total. The lowest BCUT2D eigenvalue weighted by Crippen LogP contribution is -2.08. The minimum atomic E-state index is -0.268. The number of amides is 1. The van der Waals surface area contributed by atoms with Gasteiger partial charge >= 0.3 is 0 Å². The predicted octanol–water partition coefficient (Wildman–Crippen LogP) is 6.36. The average Bonchev–Trinajstić information content (AvgIpc) is 3.25. The van der Waals surface area contributed by atoms with Gasteiger partial charge in [0.05, 0.1) is 21.3 Å². The largest absolute Gasteiger partial charge is 0.416 e. The lowest BCUT2D eigenvalue weighted by atomic mass is 10.1. The van der Waals surface area contributed by atoms with Crippen molar-refractivity contribution < 1.29 is 9.21 Å². The van der Waals surface area contributed by atoms with Gasteiger partial charge in [-0.15, -0.1) is 10.2 Å². The Balaban J connectivity index is 1.56. The molecule has 4 aromatic rings. The molecule has 0 aliphatic heterocycles. The molecule has 1 heterocycles. The molecule has 3 aromatic carbocycles. The molecule has 0 radical (unpaired) electrons. The number of benzene rings is 3. The summed E-state index contributed by atoms with van der Waals surface area (Å²) in [7, 11) is 0. The third kappa shape index (κ3) is 4.59. The van der Waals surface area contributed by atoms with Crippen LogP contribution < -0.4 is 5.32 Å². The Labute approximate surface area is 183 Å². The highest BCUT2D eigenvalue weighted by Gasteiger charge is 2.15. The maximum absolute atomic E-state index is 12.4. The van der Waals surface area contributed by atoms with Gasteiger partial charge in [0.25, 0.3) is 0 Å². The first-order valence-electron chi connectivity index (χ1n) is 9.02. The monoisotopic (exact) mass is 435 g/mol. The molecule has 1 amide bonds. The molecule has 1 N–H and O–H groups in total. The van der Waals surface area contributed by atoms with Crippen molar-refractivity contribution in [2.24, 2.45) is 0 Å². The number of nitrogens with one attached hydrogen (secondary N) is 1. The minimum Gasteiger partial charge on any atom is -0.416 e. The summed E-state index contributed by atoms with van der Waals surface area (Å²) in [5, 5.41) is 11.9. The summed E-state index contributed by atoms with van der Waals surface area (Å²) >= 11 is 12.0. The standard InChI is InChI=1S/C23H15Cl2N3O2/c24-18-12-11-16(14-19(18)25)22-27-28-23(30-22)17-8-4-5-9-20(17)26-21(29)13-10-15-6-2-1-3-7-15/h1-14H,(H,26,29)/b13-10+. The fraction of sp³-hybridized carbons (Fsp3) is 0. The number of rotatable bonds is 5. The van der Waals surface area contributed by atoms with Crippen molar-refractivity contribution >= 4 is 40.9 Å². The molecule has 0 aliphatic carbocycles. The number of hydrogen-bond donors (Lipinski definition) is 1. The van der Waals surface area contributed by atoms with Crippen LogP contribution >= 0.6 is 23.2 Å². The summed E-state index contributed by atoms with van der Waals surface area (Å²) < 4.78 is 5.81. The molecule has 7 heteroatoms. The number of carbonyl (C=O) groups excluding carboxylic acids is 1. The molecule has 148 valence electrons. The van der Waals surface area contributed by atoms with Crippen LogP contribution in [0.25, 0.3) is 29.0 Å². The fourth-order valence-corrected chi connectivity index (χ4v) is 3.07. The summed E-state index contributed by atoms with van der Waals surface area (Å²) in [5.74, 6) is 0.309. The van der Waals surface area contributed by atoms with Crippen LogP contribution in [0.5, 0.6) is 0 Å². The molecular weight excluding hydrogens is 421 g/mol. The Morgan fingerprint density at radius 2 is 1.60 bits per heavy atom. The second-order valence-corrected chi connectivity index (χ2v) is 7.13. The van der Waals surface area contributed by atoms with Crippen LogP contribution in [0.4, 0.5) is 5.69 Å². The highest BCUT2D eigenvalue weighted by molar-refractivity contribution is 6.42. The van der Waals surface area contributed by atoms with Gasteiger partial charge in [-0.1, -0.05) is 65.7 Å². The fourth-order valence-electron chi connectivity index (χ4n) is 2.77. The molecule has 30 heavy (non-hydrogen) atoms. The van der Waals surface area contributed by atoms with Crippen LogP contribution in [0.15, 0.2) is 83.3 Å². The normalized spacial score (nSPS) is 11.0. The topological polar surface area (TPSA) is 68.0 Å². The van der Waals surface area contributed by atoms with E-state index < -0.39 is 0 Å². The molecule has 0 spiro atoms. The second-order valence-electron chi connectivity index (χ2n) is 6.32. The molecule has 0 fully saturated rings. The van der Waals surface area contributed by atoms with E-state index in [-0.39, 0.29) is 11.8 Å². The maximum atomic E-state index is 12.4. The molecular formula is C23H15Cl2N3O2. The van der Waals surface area contributed by atoms with Crippen LogP contribution in [0.2, 0.25) is 10.0 Å². The molecule has 0 unspecified atom stereocenters. The lowest BCUT2D eigenvalue weighted by molar-refractivity contribution is -0.111. The third-order valence-electron chi connectivity index (χ3n) is 4.23. The van der Waals surface area contributed by atoms with Crippen molar-refractivity contribution in [1.29, 1.82) is 0 Å². The number of halogens is 2. The Hall–Kier alpha value is -3.41. The average molecular weight is 436 g/mol. The van der Waals surface area contributed by atoms with E-state index in [2.05, 4.69) is 15.5 Å². The lowest BCUT2D eigenvalue weighted by Gasteiger charge is -2.06. The van der Waals surface area contributed by atoms with Crippen LogP contribution in [0.3, 0.4) is 0 Å². The van der Waals surface area contributed by atoms with E-state index in [9.17, 15) is 4.79 Å². The highest BCUT2D eigenvalue weighted by Crippen LogP contribution is 2.32. The van der Waals surface area contributed by atoms with Gasteiger partial charge in [0, 0.05) is 11.6 Å². The van der Waals surface area contributed by atoms with Crippen molar-refractivity contribution in [3.63, 3.8) is 0 Å². The third-order valence-corrected chi connectivity index (χ3v) is 4.97. The molecule has 0 saturated carbocycles. The smallest absolute Gasteiger partial charge is 0.250 e. The number of nitrogens with zero attached hydrogens (tertiary/aromatic N) is 2. The summed E-state index contributed by atoms with van der Waals surface area (Å²) in [6.45, 7) is 0. The van der Waals surface area contributed by atoms with Crippen molar-refractivity contribution in [3.05, 3.63) is 94.5 Å². The van der Waals surface area contributed by atoms with Gasteiger partial charge in [0.2, 0.25) is 17.7 Å². The Morgan fingerprint density at radius 1 is 0.867 bits per heavy atom. The number of aromatic nitrogens is 2. The number of para-hydroxylation sites is 1. The molecule has 0 aliphatic rings. The van der Waals surface area contributed by atoms with E-state index in [1.807, 2.05) is 42.5 Å². The van der Waals surface area contributed by atoms with E-state index in [0.29, 0.717) is 32.8 Å². The Morgan fingerprint density at radius 3 is 2.40 bits per heavy atom. The Kier molecular flexibility index (Phi) is 5.93. The zero-order valence-corrected chi connectivity index (χ0v) is 17.1. The highest BCUT2D eigenvalue weighted by atomic mass is 35.5. The van der Waals surface area contributed by atoms with Crippen LogP contribution in [0.1, 0.15) is 5.56 Å². The first-order valence-corrected chi connectivity index (χ1v) is 9.78. The van der Waals surface area contributed by atoms with Gasteiger partial charge in [-0.3, -0.25) is 4.79 Å². The van der Waals surface area contributed by atoms with E-state index >= 15 is 0 Å². The van der Waals surface area contributed by atoms with Crippen molar-refractivity contribution in [2.45, 2.75) is 0 Å². The Bertz CT molecular complexity index is 1220. The quantitative estimate of drug-likeness (QED) is 0.370. The zero-order valence-electron chi connectivity index (χ0n) is 15.5. The van der Waals surface area contributed by atoms with Crippen molar-refractivity contribution in [2.75, 3.05) is 5.32 Å². The van der Waals surface area contributed by atoms with Gasteiger partial charge in [-0.05, 0) is 42.0 Å². The second kappa shape index (κ2) is 8.95. The van der Waals surface area contributed by atoms with Gasteiger partial charge in [0.1, 0.15) is 0 Å². The van der Waals surface area contributed by atoms with E-state index in [0.717, 1.165) is 5.56 Å². The van der Waals surface area contributed by atoms with Crippen LogP contribution in [0, 0.1) is 0 Å². The summed E-state index contributed by atoms with van der Waals surface area (Å²) in [6, 6.07) is 21.8. The summed E-state index contributed by atoms with van der Waals surface area (Å²) in [6.07, 6.45) is 3.22. The maximum Gasteiger partial charge on any atom is 0.250 e. The van der Waals surface area contributed by atoms with Crippen LogP contribution in [-0.2, 0) is 4.79 Å². The van der Waals surface area contributed by atoms with Gasteiger partial charge in [-0.2, -0.15) is 0 Å². The number of carbonyl (C=O) groups is 1. The minimum absolute atomic E-state index is 0.268. The first-order chi connectivity index (χ1) is 14.6. The SMILES string of the molecule is O=C(/C=C/c1ccccc1)Nc1ccccc1-c1nnc(-c2ccc(Cl)c(Cl)c2)o1. The molecule has 4 rings (SSSR count). The van der Waals surface area contributed by atoms with Gasteiger partial charge < -0.3 is 9.73 Å². The van der Waals surface area contributed by atoms with Gasteiger partial charge in [0.15, 0.2) is 0 Å². The van der Waals surface area contributed by atoms with Crippen LogP contribution in [-0.4, -0.2) is 16.1 Å². The van der Waals surface area contributed by atoms with E-state index in [1.165, 1.54) is 6.08 Å². The van der Waals surface area contributed by atoms with Gasteiger partial charge in [-0.25, -0.2) is 0 Å². The summed E-state index contributed by atoms with van der Waals surface area (Å²) in [5.41, 5.74) is 2.75. The zero-order chi connectivity index (χ0) is 20.9. The number of hydrogen-bond acceptors (Lipinski definition) is 4. The van der Waals surface area contributed by atoms with E-state index in [1.54, 1.807) is 36.4 Å². The van der Waals surface area contributed by atoms with E-state index in [4.69, 9.17) is 27.6 Å². The number of anilines is 1. The molecule has 1 aromatic heterocycles. The predicted molar refractivity (Wildman–Crippen MR) is 119 cm³/mol. The van der Waals surface area contributed by atoms with Crippen molar-refractivity contribution in [1.82, 2.24) is 10.2 Å². The molecule has 0 atom stereocenters. The molecule has 0 bridgehead atoms. The summed E-state index contributed by atoms with van der Waals surface area (Å²) in [4.78, 5) is 12.4. The van der Waals surface area contributed by atoms with Crippen molar-refractivity contribution in [3.8, 4) is 22.9 Å². The first kappa shape index (κ1) is 19.9. The molecule has 0 saturated heterocycles.